The van der Waals surface area contributed by atoms with Crippen LogP contribution in [0.3, 0.4) is 0 Å². The van der Waals surface area contributed by atoms with Gasteiger partial charge in [0, 0.05) is 23.0 Å². The first-order chi connectivity index (χ1) is 9.46. The lowest BCUT2D eigenvalue weighted by atomic mass is 9.84. The summed E-state index contributed by atoms with van der Waals surface area (Å²) in [7, 11) is 0. The van der Waals surface area contributed by atoms with E-state index in [9.17, 15) is 4.79 Å². The highest BCUT2D eigenvalue weighted by Gasteiger charge is 2.25. The number of Topliss-reactive ketones (excluding diaryl/α,β-unsaturated/α-hetero) is 1. The average Bonchev–Trinajstić information content (AvgIpc) is 2.38. The molecule has 0 aromatic heterocycles. The van der Waals surface area contributed by atoms with Crippen molar-refractivity contribution >= 4 is 21.7 Å². The Morgan fingerprint density at radius 2 is 2.00 bits per heavy atom. The molecule has 1 aliphatic heterocycles. The number of nitrogens with zero attached hydrogens (tertiary/aromatic N) is 1. The van der Waals surface area contributed by atoms with Crippen molar-refractivity contribution in [3.63, 3.8) is 0 Å². The molecule has 1 saturated heterocycles. The van der Waals surface area contributed by atoms with E-state index in [1.807, 2.05) is 24.3 Å². The van der Waals surface area contributed by atoms with Crippen LogP contribution in [0.25, 0.3) is 0 Å². The van der Waals surface area contributed by atoms with E-state index in [2.05, 4.69) is 34.7 Å². The number of rotatable bonds is 5. The summed E-state index contributed by atoms with van der Waals surface area (Å²) in [5, 5.41) is 0. The number of piperidine rings is 1. The summed E-state index contributed by atoms with van der Waals surface area (Å²) in [6, 6.07) is 7.66. The third kappa shape index (κ3) is 4.71. The van der Waals surface area contributed by atoms with E-state index in [1.165, 1.54) is 25.9 Å². The molecule has 2 rings (SSSR count). The zero-order chi connectivity index (χ0) is 14.6. The Morgan fingerprint density at radius 3 is 2.65 bits per heavy atom. The van der Waals surface area contributed by atoms with Crippen molar-refractivity contribution in [2.45, 2.75) is 39.5 Å². The number of carbonyl (C=O) groups is 1. The molecule has 0 unspecified atom stereocenters. The predicted octanol–water partition coefficient (Wildman–Crippen LogP) is 4.53. The Labute approximate surface area is 130 Å². The van der Waals surface area contributed by atoms with Crippen molar-refractivity contribution < 1.29 is 4.79 Å². The molecule has 1 aliphatic rings. The van der Waals surface area contributed by atoms with Crippen molar-refractivity contribution in [1.29, 1.82) is 0 Å². The lowest BCUT2D eigenvalue weighted by molar-refractivity contribution is 0.0948. The Bertz CT molecular complexity index is 453. The van der Waals surface area contributed by atoms with E-state index in [0.29, 0.717) is 11.8 Å². The summed E-state index contributed by atoms with van der Waals surface area (Å²) in [4.78, 5) is 14.6. The SMILES string of the molecule is CC1(C)CCCN(CCCC(=O)c2ccc(Br)cc2)C1. The van der Waals surface area contributed by atoms with Crippen molar-refractivity contribution in [2.24, 2.45) is 5.41 Å². The smallest absolute Gasteiger partial charge is 0.162 e. The van der Waals surface area contributed by atoms with Gasteiger partial charge in [0.2, 0.25) is 0 Å². The van der Waals surface area contributed by atoms with Crippen molar-refractivity contribution in [1.82, 2.24) is 4.90 Å². The van der Waals surface area contributed by atoms with Gasteiger partial charge in [0.15, 0.2) is 5.78 Å². The molecule has 2 nitrogen and oxygen atoms in total. The Kier molecular flexibility index (Phi) is 5.39. The van der Waals surface area contributed by atoms with Crippen LogP contribution in [0.5, 0.6) is 0 Å². The molecule has 1 aromatic carbocycles. The molecule has 1 heterocycles. The van der Waals surface area contributed by atoms with E-state index < -0.39 is 0 Å². The van der Waals surface area contributed by atoms with Gasteiger partial charge >= 0.3 is 0 Å². The molecule has 1 aromatic rings. The van der Waals surface area contributed by atoms with Crippen LogP contribution in [-0.2, 0) is 0 Å². The second-order valence-electron chi connectivity index (χ2n) is 6.58. The van der Waals surface area contributed by atoms with E-state index >= 15 is 0 Å². The number of hydrogen-bond donors (Lipinski definition) is 0. The molecule has 0 radical (unpaired) electrons. The van der Waals surface area contributed by atoms with Gasteiger partial charge in [0.05, 0.1) is 0 Å². The first-order valence-electron chi connectivity index (χ1n) is 7.47. The van der Waals surface area contributed by atoms with Gasteiger partial charge in [-0.3, -0.25) is 4.79 Å². The van der Waals surface area contributed by atoms with Gasteiger partial charge in [0.1, 0.15) is 0 Å². The highest BCUT2D eigenvalue weighted by atomic mass is 79.9. The summed E-state index contributed by atoms with van der Waals surface area (Å²) in [6.07, 6.45) is 4.22. The van der Waals surface area contributed by atoms with Crippen molar-refractivity contribution in [3.05, 3.63) is 34.3 Å². The second-order valence-corrected chi connectivity index (χ2v) is 7.49. The van der Waals surface area contributed by atoms with E-state index in [0.717, 1.165) is 23.0 Å². The third-order valence-electron chi connectivity index (χ3n) is 4.02. The van der Waals surface area contributed by atoms with Gasteiger partial charge in [-0.25, -0.2) is 0 Å². The van der Waals surface area contributed by atoms with Crippen LogP contribution in [0.1, 0.15) is 49.9 Å². The minimum Gasteiger partial charge on any atom is -0.303 e. The molecule has 0 aliphatic carbocycles. The molecular weight excluding hydrogens is 314 g/mol. The van der Waals surface area contributed by atoms with Crippen LogP contribution in [-0.4, -0.2) is 30.3 Å². The van der Waals surface area contributed by atoms with Gasteiger partial charge in [-0.05, 0) is 49.9 Å². The molecule has 110 valence electrons. The number of halogens is 1. The molecular formula is C17H24BrNO. The van der Waals surface area contributed by atoms with E-state index in [4.69, 9.17) is 0 Å². The van der Waals surface area contributed by atoms with Gasteiger partial charge < -0.3 is 4.90 Å². The van der Waals surface area contributed by atoms with Crippen LogP contribution < -0.4 is 0 Å². The largest absolute Gasteiger partial charge is 0.303 e. The highest BCUT2D eigenvalue weighted by Crippen LogP contribution is 2.28. The number of likely N-dealkylation sites (tertiary alicyclic amines) is 1. The van der Waals surface area contributed by atoms with Crippen LogP contribution in [0.15, 0.2) is 28.7 Å². The van der Waals surface area contributed by atoms with Crippen LogP contribution >= 0.6 is 15.9 Å². The molecule has 1 fully saturated rings. The summed E-state index contributed by atoms with van der Waals surface area (Å²) in [6.45, 7) is 8.08. The molecule has 20 heavy (non-hydrogen) atoms. The van der Waals surface area contributed by atoms with Crippen LogP contribution in [0, 0.1) is 5.41 Å². The molecule has 0 spiro atoms. The Hall–Kier alpha value is -0.670. The van der Waals surface area contributed by atoms with Crippen LogP contribution in [0.4, 0.5) is 0 Å². The van der Waals surface area contributed by atoms with Gasteiger partial charge in [-0.15, -0.1) is 0 Å². The fourth-order valence-electron chi connectivity index (χ4n) is 2.98. The fourth-order valence-corrected chi connectivity index (χ4v) is 3.24. The van der Waals surface area contributed by atoms with Gasteiger partial charge in [-0.1, -0.05) is 41.9 Å². The Morgan fingerprint density at radius 1 is 1.30 bits per heavy atom. The van der Waals surface area contributed by atoms with Gasteiger partial charge in [-0.2, -0.15) is 0 Å². The first kappa shape index (κ1) is 15.7. The maximum atomic E-state index is 12.1. The Balaban J connectivity index is 1.75. The van der Waals surface area contributed by atoms with Crippen LogP contribution in [0.2, 0.25) is 0 Å². The zero-order valence-corrected chi connectivity index (χ0v) is 14.1. The van der Waals surface area contributed by atoms with Crippen molar-refractivity contribution in [3.8, 4) is 0 Å². The van der Waals surface area contributed by atoms with E-state index in [-0.39, 0.29) is 5.78 Å². The van der Waals surface area contributed by atoms with E-state index in [1.54, 1.807) is 0 Å². The lowest BCUT2D eigenvalue weighted by Crippen LogP contribution is -2.40. The molecule has 0 amide bonds. The number of ketones is 1. The molecule has 0 N–H and O–H groups in total. The average molecular weight is 338 g/mol. The number of benzene rings is 1. The molecule has 0 atom stereocenters. The summed E-state index contributed by atoms with van der Waals surface area (Å²) in [5.74, 6) is 0.258. The maximum absolute atomic E-state index is 12.1. The predicted molar refractivity (Wildman–Crippen MR) is 87.2 cm³/mol. The van der Waals surface area contributed by atoms with Crippen molar-refractivity contribution in [2.75, 3.05) is 19.6 Å². The number of carbonyl (C=O) groups excluding carboxylic acids is 1. The second kappa shape index (κ2) is 6.86. The topological polar surface area (TPSA) is 20.3 Å². The third-order valence-corrected chi connectivity index (χ3v) is 4.55. The molecule has 0 saturated carbocycles. The molecule has 0 bridgehead atoms. The van der Waals surface area contributed by atoms with Gasteiger partial charge in [0.25, 0.3) is 0 Å². The highest BCUT2D eigenvalue weighted by molar-refractivity contribution is 9.10. The lowest BCUT2D eigenvalue weighted by Gasteiger charge is -2.38. The molecule has 3 heteroatoms. The number of hydrogen-bond acceptors (Lipinski definition) is 2. The summed E-state index contributed by atoms with van der Waals surface area (Å²) < 4.78 is 1.02. The monoisotopic (exact) mass is 337 g/mol. The minimum atomic E-state index is 0.258. The normalized spacial score (nSPS) is 18.9. The minimum absolute atomic E-state index is 0.258. The zero-order valence-electron chi connectivity index (χ0n) is 12.5. The fraction of sp³-hybridized carbons (Fsp3) is 0.588. The first-order valence-corrected chi connectivity index (χ1v) is 8.27. The standard InChI is InChI=1S/C17H24BrNO/c1-17(2)10-4-12-19(13-17)11-3-5-16(20)14-6-8-15(18)9-7-14/h6-9H,3-5,10-13H2,1-2H3. The quantitative estimate of drug-likeness (QED) is 0.735. The summed E-state index contributed by atoms with van der Waals surface area (Å²) in [5.41, 5.74) is 1.26. The maximum Gasteiger partial charge on any atom is 0.162 e. The summed E-state index contributed by atoms with van der Waals surface area (Å²) >= 11 is 3.39.